The van der Waals surface area contributed by atoms with Crippen molar-refractivity contribution in [3.8, 4) is 5.75 Å². The topological polar surface area (TPSA) is 12.5 Å². The Bertz CT molecular complexity index is 585. The number of ether oxygens (including phenoxy) is 1. The molecule has 0 fully saturated rings. The molecule has 4 heteroatoms. The average molecular weight is 339 g/mol. The predicted octanol–water partition coefficient (Wildman–Crippen LogP) is 4.50. The van der Waals surface area contributed by atoms with Crippen LogP contribution in [0.5, 0.6) is 5.75 Å². The molecule has 19 heavy (non-hydrogen) atoms. The molecule has 0 bridgehead atoms. The first kappa shape index (κ1) is 12.8. The van der Waals surface area contributed by atoms with Crippen molar-refractivity contribution in [3.05, 3.63) is 57.5 Å². The molecular weight excluding hydrogens is 326 g/mol. The summed E-state index contributed by atoms with van der Waals surface area (Å²) in [6.45, 7) is 2.49. The second-order valence-corrected chi connectivity index (χ2v) is 5.86. The van der Waals surface area contributed by atoms with Crippen LogP contribution in [0.1, 0.15) is 5.56 Å². The van der Waals surface area contributed by atoms with E-state index in [0.717, 1.165) is 40.6 Å². The molecule has 1 aliphatic rings. The molecule has 0 radical (unpaired) electrons. The molecule has 0 N–H and O–H groups in total. The Kier molecular flexibility index (Phi) is 3.67. The van der Waals surface area contributed by atoms with Gasteiger partial charge >= 0.3 is 0 Å². The molecule has 2 nitrogen and oxygen atoms in total. The van der Waals surface area contributed by atoms with E-state index >= 15 is 0 Å². The average Bonchev–Trinajstić information content (AvgIpc) is 2.41. The number of rotatable bonds is 2. The fourth-order valence-electron chi connectivity index (χ4n) is 2.23. The number of benzene rings is 2. The molecule has 0 saturated heterocycles. The largest absolute Gasteiger partial charge is 0.490 e. The molecule has 0 aliphatic carbocycles. The van der Waals surface area contributed by atoms with Gasteiger partial charge in [-0.3, -0.25) is 0 Å². The maximum atomic E-state index is 5.91. The first-order valence-corrected chi connectivity index (χ1v) is 7.31. The van der Waals surface area contributed by atoms with Crippen LogP contribution in [0.25, 0.3) is 0 Å². The van der Waals surface area contributed by atoms with Crippen LogP contribution in [0.3, 0.4) is 0 Å². The Balaban J connectivity index is 1.85. The van der Waals surface area contributed by atoms with Crippen molar-refractivity contribution in [1.29, 1.82) is 0 Å². The van der Waals surface area contributed by atoms with E-state index < -0.39 is 0 Å². The van der Waals surface area contributed by atoms with Crippen LogP contribution in [0.4, 0.5) is 5.69 Å². The summed E-state index contributed by atoms with van der Waals surface area (Å²) < 4.78 is 6.74. The van der Waals surface area contributed by atoms with Crippen molar-refractivity contribution in [2.75, 3.05) is 18.1 Å². The highest BCUT2D eigenvalue weighted by Gasteiger charge is 2.18. The van der Waals surface area contributed by atoms with Crippen molar-refractivity contribution in [1.82, 2.24) is 0 Å². The highest BCUT2D eigenvalue weighted by atomic mass is 79.9. The lowest BCUT2D eigenvalue weighted by atomic mass is 10.1. The molecule has 0 aromatic heterocycles. The molecule has 2 aromatic carbocycles. The highest BCUT2D eigenvalue weighted by molar-refractivity contribution is 9.10. The normalized spacial score (nSPS) is 13.9. The van der Waals surface area contributed by atoms with Gasteiger partial charge in [-0.2, -0.15) is 0 Å². The van der Waals surface area contributed by atoms with Crippen LogP contribution in [0.2, 0.25) is 5.02 Å². The molecule has 0 atom stereocenters. The Morgan fingerprint density at radius 3 is 2.74 bits per heavy atom. The van der Waals surface area contributed by atoms with Crippen LogP contribution in [0, 0.1) is 0 Å². The highest BCUT2D eigenvalue weighted by Crippen LogP contribution is 2.34. The summed E-state index contributed by atoms with van der Waals surface area (Å²) in [5, 5.41) is 0.773. The smallest absolute Gasteiger partial charge is 0.143 e. The minimum atomic E-state index is 0.719. The minimum Gasteiger partial charge on any atom is -0.490 e. The summed E-state index contributed by atoms with van der Waals surface area (Å²) in [6, 6.07) is 14.1. The number of halogens is 2. The number of nitrogens with zero attached hydrogens (tertiary/aromatic N) is 1. The molecule has 3 rings (SSSR count). The Morgan fingerprint density at radius 2 is 1.95 bits per heavy atom. The van der Waals surface area contributed by atoms with E-state index in [1.165, 1.54) is 5.56 Å². The van der Waals surface area contributed by atoms with Gasteiger partial charge in [-0.1, -0.05) is 39.7 Å². The maximum absolute atomic E-state index is 5.91. The van der Waals surface area contributed by atoms with E-state index in [4.69, 9.17) is 16.3 Å². The zero-order valence-electron chi connectivity index (χ0n) is 10.3. The van der Waals surface area contributed by atoms with Gasteiger partial charge in [-0.15, -0.1) is 0 Å². The molecule has 0 spiro atoms. The fourth-order valence-corrected chi connectivity index (χ4v) is 2.69. The van der Waals surface area contributed by atoms with Gasteiger partial charge in [0.15, 0.2) is 0 Å². The molecule has 1 aliphatic heterocycles. The minimum absolute atomic E-state index is 0.719. The summed E-state index contributed by atoms with van der Waals surface area (Å²) in [4.78, 5) is 2.33. The summed E-state index contributed by atoms with van der Waals surface area (Å²) in [7, 11) is 0. The standard InChI is InChI=1S/C15H13BrClNO/c16-12-3-6-14-15(9-12)19-8-7-18(14)10-11-1-4-13(17)5-2-11/h1-6,9H,7-8,10H2. The number of anilines is 1. The lowest BCUT2D eigenvalue weighted by Gasteiger charge is -2.31. The van der Waals surface area contributed by atoms with Gasteiger partial charge in [0.05, 0.1) is 12.2 Å². The van der Waals surface area contributed by atoms with Gasteiger partial charge in [-0.05, 0) is 35.9 Å². The zero-order valence-corrected chi connectivity index (χ0v) is 12.6. The molecule has 0 unspecified atom stereocenters. The Morgan fingerprint density at radius 1 is 1.16 bits per heavy atom. The number of hydrogen-bond acceptors (Lipinski definition) is 2. The SMILES string of the molecule is Clc1ccc(CN2CCOc3cc(Br)ccc32)cc1. The summed E-state index contributed by atoms with van der Waals surface area (Å²) >= 11 is 9.39. The van der Waals surface area contributed by atoms with Gasteiger partial charge in [0.2, 0.25) is 0 Å². The van der Waals surface area contributed by atoms with Gasteiger partial charge < -0.3 is 9.64 Å². The summed E-state index contributed by atoms with van der Waals surface area (Å²) in [5.41, 5.74) is 2.39. The third kappa shape index (κ3) is 2.88. The van der Waals surface area contributed by atoms with E-state index in [9.17, 15) is 0 Å². The molecule has 1 heterocycles. The monoisotopic (exact) mass is 337 g/mol. The summed E-state index contributed by atoms with van der Waals surface area (Å²) in [5.74, 6) is 0.939. The second-order valence-electron chi connectivity index (χ2n) is 4.51. The van der Waals surface area contributed by atoms with Crippen molar-refractivity contribution in [2.45, 2.75) is 6.54 Å². The third-order valence-electron chi connectivity index (χ3n) is 3.17. The van der Waals surface area contributed by atoms with Crippen LogP contribution in [-0.2, 0) is 6.54 Å². The predicted molar refractivity (Wildman–Crippen MR) is 82.1 cm³/mol. The fraction of sp³-hybridized carbons (Fsp3) is 0.200. The van der Waals surface area contributed by atoms with Gasteiger partial charge in [0, 0.05) is 16.0 Å². The first-order chi connectivity index (χ1) is 9.22. The van der Waals surface area contributed by atoms with E-state index in [-0.39, 0.29) is 0 Å². The molecule has 98 valence electrons. The first-order valence-electron chi connectivity index (χ1n) is 6.14. The van der Waals surface area contributed by atoms with Crippen molar-refractivity contribution < 1.29 is 4.74 Å². The Labute approximate surface area is 126 Å². The van der Waals surface area contributed by atoms with Gasteiger partial charge in [-0.25, -0.2) is 0 Å². The van der Waals surface area contributed by atoms with E-state index in [1.54, 1.807) is 0 Å². The van der Waals surface area contributed by atoms with Crippen molar-refractivity contribution in [3.63, 3.8) is 0 Å². The van der Waals surface area contributed by atoms with E-state index in [2.05, 4.69) is 39.0 Å². The van der Waals surface area contributed by atoms with E-state index in [0.29, 0.717) is 0 Å². The van der Waals surface area contributed by atoms with Gasteiger partial charge in [0.1, 0.15) is 12.4 Å². The molecule has 0 saturated carbocycles. The lowest BCUT2D eigenvalue weighted by Crippen LogP contribution is -2.32. The molecular formula is C15H13BrClNO. The van der Waals surface area contributed by atoms with Crippen molar-refractivity contribution >= 4 is 33.2 Å². The zero-order chi connectivity index (χ0) is 13.2. The number of hydrogen-bond donors (Lipinski definition) is 0. The van der Waals surface area contributed by atoms with Crippen LogP contribution in [-0.4, -0.2) is 13.2 Å². The van der Waals surface area contributed by atoms with E-state index in [1.807, 2.05) is 24.3 Å². The number of fused-ring (bicyclic) bond motifs is 1. The van der Waals surface area contributed by atoms with Crippen LogP contribution >= 0.6 is 27.5 Å². The van der Waals surface area contributed by atoms with Crippen molar-refractivity contribution in [2.24, 2.45) is 0 Å². The Hall–Kier alpha value is -1.19. The molecule has 2 aromatic rings. The lowest BCUT2D eigenvalue weighted by molar-refractivity contribution is 0.306. The molecule has 0 amide bonds. The van der Waals surface area contributed by atoms with Gasteiger partial charge in [0.25, 0.3) is 0 Å². The van der Waals surface area contributed by atoms with Crippen LogP contribution < -0.4 is 9.64 Å². The third-order valence-corrected chi connectivity index (χ3v) is 3.91. The quantitative estimate of drug-likeness (QED) is 0.799. The second kappa shape index (κ2) is 5.43. The van der Waals surface area contributed by atoms with Crippen LogP contribution in [0.15, 0.2) is 46.9 Å². The maximum Gasteiger partial charge on any atom is 0.143 e. The summed E-state index contributed by atoms with van der Waals surface area (Å²) in [6.07, 6.45) is 0.